The molecule has 1 aliphatic rings. The number of nitro benzene ring substituents is 1. The van der Waals surface area contributed by atoms with Crippen LogP contribution in [0.5, 0.6) is 0 Å². The molecule has 1 saturated heterocycles. The van der Waals surface area contributed by atoms with Gasteiger partial charge >= 0.3 is 0 Å². The topological polar surface area (TPSA) is 75.8 Å². The molecule has 8 heteroatoms. The van der Waals surface area contributed by atoms with Crippen LogP contribution >= 0.6 is 23.4 Å². The van der Waals surface area contributed by atoms with Crippen LogP contribution in [0.1, 0.15) is 5.56 Å². The van der Waals surface area contributed by atoms with E-state index in [9.17, 15) is 14.9 Å². The van der Waals surface area contributed by atoms with Gasteiger partial charge in [-0.25, -0.2) is 4.99 Å². The van der Waals surface area contributed by atoms with Gasteiger partial charge in [-0.2, -0.15) is 0 Å². The summed E-state index contributed by atoms with van der Waals surface area (Å²) in [6.07, 6.45) is 1.62. The van der Waals surface area contributed by atoms with Crippen LogP contribution in [-0.4, -0.2) is 27.9 Å². The van der Waals surface area contributed by atoms with Gasteiger partial charge in [-0.3, -0.25) is 19.8 Å². The van der Waals surface area contributed by atoms with E-state index in [0.717, 1.165) is 0 Å². The molecule has 0 aromatic heterocycles. The summed E-state index contributed by atoms with van der Waals surface area (Å²) < 4.78 is 0. The van der Waals surface area contributed by atoms with Crippen molar-refractivity contribution < 1.29 is 9.72 Å². The van der Waals surface area contributed by atoms with Gasteiger partial charge in [0.25, 0.3) is 11.6 Å². The smallest absolute Gasteiger partial charge is 0.270 e. The third-order valence-corrected chi connectivity index (χ3v) is 4.83. The lowest BCUT2D eigenvalue weighted by molar-refractivity contribution is -0.384. The van der Waals surface area contributed by atoms with Crippen molar-refractivity contribution in [2.45, 2.75) is 0 Å². The molecule has 1 amide bonds. The summed E-state index contributed by atoms with van der Waals surface area (Å²) in [7, 11) is 1.62. The monoisotopic (exact) mass is 373 g/mol. The van der Waals surface area contributed by atoms with Crippen LogP contribution in [0.4, 0.5) is 11.4 Å². The van der Waals surface area contributed by atoms with Gasteiger partial charge in [-0.05, 0) is 35.5 Å². The summed E-state index contributed by atoms with van der Waals surface area (Å²) in [5.74, 6) is -0.220. The van der Waals surface area contributed by atoms with Crippen molar-refractivity contribution in [2.24, 2.45) is 4.99 Å². The largest absolute Gasteiger partial charge is 0.290 e. The number of para-hydroxylation sites is 1. The maximum atomic E-state index is 12.4. The van der Waals surface area contributed by atoms with Gasteiger partial charge in [0, 0.05) is 19.2 Å². The van der Waals surface area contributed by atoms with E-state index in [0.29, 0.717) is 26.3 Å². The molecule has 1 aliphatic heterocycles. The van der Waals surface area contributed by atoms with E-state index in [-0.39, 0.29) is 11.6 Å². The molecule has 0 bridgehead atoms. The van der Waals surface area contributed by atoms with Crippen LogP contribution in [0.3, 0.4) is 0 Å². The number of nitrogens with zero attached hydrogens (tertiary/aromatic N) is 3. The predicted octanol–water partition coefficient (Wildman–Crippen LogP) is 4.48. The summed E-state index contributed by atoms with van der Waals surface area (Å²) in [5.41, 5.74) is 1.13. The first kappa shape index (κ1) is 17.2. The first-order valence-corrected chi connectivity index (χ1v) is 8.40. The second-order valence-electron chi connectivity index (χ2n) is 5.17. The lowest BCUT2D eigenvalue weighted by Gasteiger charge is -2.07. The maximum Gasteiger partial charge on any atom is 0.270 e. The predicted molar refractivity (Wildman–Crippen MR) is 100.0 cm³/mol. The quantitative estimate of drug-likeness (QED) is 0.451. The number of benzene rings is 2. The van der Waals surface area contributed by atoms with E-state index in [4.69, 9.17) is 11.6 Å². The second-order valence-corrected chi connectivity index (χ2v) is 6.59. The molecule has 0 saturated carbocycles. The van der Waals surface area contributed by atoms with Gasteiger partial charge in [0.1, 0.15) is 0 Å². The Morgan fingerprint density at radius 1 is 1.24 bits per heavy atom. The standard InChI is InChI=1S/C17H12ClN3O3S/c1-20-16(22)15(10-11-5-4-6-12(9-11)21(23)24)25-17(20)19-14-8-3-2-7-13(14)18/h2-10H,1H3/b15-10+,19-17?. The highest BCUT2D eigenvalue weighted by Crippen LogP contribution is 2.35. The zero-order chi connectivity index (χ0) is 18.0. The van der Waals surface area contributed by atoms with Crippen molar-refractivity contribution in [3.8, 4) is 0 Å². The fourth-order valence-electron chi connectivity index (χ4n) is 2.18. The van der Waals surface area contributed by atoms with Crippen LogP contribution in [0.15, 0.2) is 58.4 Å². The molecule has 0 atom stereocenters. The van der Waals surface area contributed by atoms with Gasteiger partial charge in [-0.1, -0.05) is 35.9 Å². The Hall–Kier alpha value is -2.64. The minimum atomic E-state index is -0.470. The van der Waals surface area contributed by atoms with Gasteiger partial charge in [0.05, 0.1) is 20.5 Å². The number of carbonyl (C=O) groups is 1. The van der Waals surface area contributed by atoms with Crippen LogP contribution < -0.4 is 0 Å². The lowest BCUT2D eigenvalue weighted by Crippen LogP contribution is -2.23. The molecular weight excluding hydrogens is 362 g/mol. The Balaban J connectivity index is 1.92. The zero-order valence-electron chi connectivity index (χ0n) is 13.0. The fraction of sp³-hybridized carbons (Fsp3) is 0.0588. The zero-order valence-corrected chi connectivity index (χ0v) is 14.6. The molecule has 3 rings (SSSR count). The molecule has 25 heavy (non-hydrogen) atoms. The maximum absolute atomic E-state index is 12.4. The van der Waals surface area contributed by atoms with E-state index < -0.39 is 4.92 Å². The molecule has 126 valence electrons. The number of nitro groups is 1. The Labute approximate surface area is 153 Å². The molecule has 1 heterocycles. The average Bonchev–Trinajstić information content (AvgIpc) is 2.85. The van der Waals surface area contributed by atoms with Crippen molar-refractivity contribution in [3.63, 3.8) is 0 Å². The number of non-ortho nitro benzene ring substituents is 1. The van der Waals surface area contributed by atoms with Gasteiger partial charge in [0.15, 0.2) is 5.17 Å². The van der Waals surface area contributed by atoms with Crippen LogP contribution in [-0.2, 0) is 4.79 Å². The van der Waals surface area contributed by atoms with Gasteiger partial charge in [-0.15, -0.1) is 0 Å². The number of thioether (sulfide) groups is 1. The third-order valence-electron chi connectivity index (χ3n) is 3.45. The van der Waals surface area contributed by atoms with Crippen molar-refractivity contribution in [1.82, 2.24) is 4.90 Å². The molecule has 6 nitrogen and oxygen atoms in total. The number of rotatable bonds is 3. The average molecular weight is 374 g/mol. The van der Waals surface area contributed by atoms with Crippen molar-refractivity contribution in [1.29, 1.82) is 0 Å². The van der Waals surface area contributed by atoms with Crippen molar-refractivity contribution in [3.05, 3.63) is 74.1 Å². The van der Waals surface area contributed by atoms with Crippen LogP contribution in [0.25, 0.3) is 6.08 Å². The number of amides is 1. The number of hydrogen-bond donors (Lipinski definition) is 0. The minimum absolute atomic E-state index is 0.0249. The van der Waals surface area contributed by atoms with E-state index in [1.165, 1.54) is 28.8 Å². The summed E-state index contributed by atoms with van der Waals surface area (Å²) >= 11 is 7.30. The highest BCUT2D eigenvalue weighted by molar-refractivity contribution is 8.18. The Bertz CT molecular complexity index is 927. The number of aliphatic imine (C=N–C) groups is 1. The number of amidine groups is 1. The van der Waals surface area contributed by atoms with E-state index >= 15 is 0 Å². The molecule has 0 aliphatic carbocycles. The molecule has 0 radical (unpaired) electrons. The van der Waals surface area contributed by atoms with Crippen LogP contribution in [0.2, 0.25) is 5.02 Å². The molecule has 2 aromatic rings. The Morgan fingerprint density at radius 2 is 2.00 bits per heavy atom. The first-order chi connectivity index (χ1) is 12.0. The van der Waals surface area contributed by atoms with Gasteiger partial charge < -0.3 is 0 Å². The SMILES string of the molecule is CN1C(=O)/C(=C\c2cccc([N+](=O)[O-])c2)SC1=Nc1ccccc1Cl. The fourth-order valence-corrected chi connectivity index (χ4v) is 3.33. The van der Waals surface area contributed by atoms with E-state index in [1.54, 1.807) is 43.5 Å². The molecule has 0 unspecified atom stereocenters. The van der Waals surface area contributed by atoms with E-state index in [2.05, 4.69) is 4.99 Å². The Morgan fingerprint density at radius 3 is 2.72 bits per heavy atom. The minimum Gasteiger partial charge on any atom is -0.290 e. The first-order valence-electron chi connectivity index (χ1n) is 7.21. The molecule has 2 aromatic carbocycles. The highest BCUT2D eigenvalue weighted by Gasteiger charge is 2.30. The summed E-state index contributed by atoms with van der Waals surface area (Å²) in [5, 5.41) is 11.9. The van der Waals surface area contributed by atoms with E-state index in [1.807, 2.05) is 6.07 Å². The summed E-state index contributed by atoms with van der Waals surface area (Å²) in [6, 6.07) is 13.2. The normalized spacial score (nSPS) is 17.5. The molecular formula is C17H12ClN3O3S. The van der Waals surface area contributed by atoms with Crippen molar-refractivity contribution >= 4 is 51.9 Å². The summed E-state index contributed by atoms with van der Waals surface area (Å²) in [4.78, 5) is 29.1. The molecule has 0 N–H and O–H groups in total. The second kappa shape index (κ2) is 7.08. The highest BCUT2D eigenvalue weighted by atomic mass is 35.5. The Kier molecular flexibility index (Phi) is 4.87. The number of halogens is 1. The van der Waals surface area contributed by atoms with Crippen LogP contribution in [0, 0.1) is 10.1 Å². The summed E-state index contributed by atoms with van der Waals surface area (Å²) in [6.45, 7) is 0. The number of hydrogen-bond acceptors (Lipinski definition) is 5. The molecule has 0 spiro atoms. The number of carbonyl (C=O) groups excluding carboxylic acids is 1. The number of likely N-dealkylation sites (N-methyl/N-ethyl adjacent to an activating group) is 1. The third kappa shape index (κ3) is 3.72. The lowest BCUT2D eigenvalue weighted by atomic mass is 10.2. The van der Waals surface area contributed by atoms with Crippen molar-refractivity contribution in [2.75, 3.05) is 7.05 Å². The molecule has 1 fully saturated rings. The van der Waals surface area contributed by atoms with Gasteiger partial charge in [0.2, 0.25) is 0 Å².